The Morgan fingerprint density at radius 3 is 2.37 bits per heavy atom. The summed E-state index contributed by atoms with van der Waals surface area (Å²) in [7, 11) is -16.6. The minimum absolute atomic E-state index is 0.0203. The predicted octanol–water partition coefficient (Wildman–Crippen LogP) is 3.64. The highest BCUT2D eigenvalue weighted by Gasteiger charge is 2.43. The number of phosphoric ester groups is 1. The second-order valence-corrected chi connectivity index (χ2v) is 16.3. The Morgan fingerprint density at radius 1 is 1.07 bits per heavy atom. The first-order chi connectivity index (χ1) is 19.8. The molecule has 2 unspecified atom stereocenters. The number of thioether (sulfide) groups is 1. The van der Waals surface area contributed by atoms with Crippen LogP contribution in [-0.2, 0) is 43.4 Å². The summed E-state index contributed by atoms with van der Waals surface area (Å²) < 4.78 is 54.0. The third kappa shape index (κ3) is 9.18. The Hall–Kier alpha value is -1.68. The minimum atomic E-state index is -5.68. The zero-order valence-electron chi connectivity index (χ0n) is 23.3. The molecule has 0 radical (unpaired) electrons. The molecule has 238 valence electrons. The normalized spacial score (nSPS) is 22.5. The number of rotatable bonds is 12. The summed E-state index contributed by atoms with van der Waals surface area (Å²) in [5.74, 6) is 0.986. The molecule has 0 saturated carbocycles. The van der Waals surface area contributed by atoms with Gasteiger partial charge < -0.3 is 39.7 Å². The first-order valence-corrected chi connectivity index (χ1v) is 18.3. The lowest BCUT2D eigenvalue weighted by molar-refractivity contribution is -0.0422. The number of anilines is 1. The largest absolute Gasteiger partial charge is 0.490 e. The predicted molar refractivity (Wildman–Crippen MR) is 156 cm³/mol. The summed E-state index contributed by atoms with van der Waals surface area (Å²) in [6.45, 7) is 5.68. The van der Waals surface area contributed by atoms with E-state index >= 15 is 0 Å². The SMILES string of the molecule is CC(C)(C)c1ccc(SCCc2cn([C@H]3C[C@H](O)[C@@H](COP(=O)(O)OP(=O)(O)OP(=O)(O)O)O3)c3ncnc(N)c23)cc1. The van der Waals surface area contributed by atoms with Crippen molar-refractivity contribution >= 4 is 52.1 Å². The van der Waals surface area contributed by atoms with Gasteiger partial charge in [0.05, 0.1) is 18.1 Å². The van der Waals surface area contributed by atoms with Gasteiger partial charge in [-0.15, -0.1) is 11.8 Å². The number of aliphatic hydroxyl groups excluding tert-OH is 1. The topological polar surface area (TPSA) is 246 Å². The summed E-state index contributed by atoms with van der Waals surface area (Å²) in [6, 6.07) is 8.40. The molecule has 1 aliphatic rings. The number of ether oxygens (including phenoxy) is 1. The molecule has 1 aliphatic heterocycles. The van der Waals surface area contributed by atoms with E-state index in [1.807, 2.05) is 0 Å². The molecule has 1 saturated heterocycles. The van der Waals surface area contributed by atoms with E-state index in [0.717, 1.165) is 16.2 Å². The molecule has 7 N–H and O–H groups in total. The molecular formula is C23H33N4O12P3S. The van der Waals surface area contributed by atoms with Crippen LogP contribution in [0.1, 0.15) is 44.5 Å². The van der Waals surface area contributed by atoms with Crippen LogP contribution in [0.3, 0.4) is 0 Å². The highest BCUT2D eigenvalue weighted by atomic mass is 32.2. The lowest BCUT2D eigenvalue weighted by Crippen LogP contribution is -2.26. The molecule has 20 heteroatoms. The average molecular weight is 683 g/mol. The Kier molecular flexibility index (Phi) is 10.3. The Bertz CT molecular complexity index is 1590. The molecule has 0 spiro atoms. The number of aromatic nitrogens is 3. The fraction of sp³-hybridized carbons (Fsp3) is 0.478. The van der Waals surface area contributed by atoms with E-state index in [2.05, 4.69) is 68.1 Å². The van der Waals surface area contributed by atoms with E-state index in [1.165, 1.54) is 11.9 Å². The minimum Gasteiger partial charge on any atom is -0.390 e. The molecule has 43 heavy (non-hydrogen) atoms. The van der Waals surface area contributed by atoms with E-state index in [0.29, 0.717) is 17.5 Å². The number of benzene rings is 1. The third-order valence-corrected chi connectivity index (χ3v) is 11.2. The number of hydrogen-bond donors (Lipinski definition) is 6. The molecule has 1 aromatic carbocycles. The van der Waals surface area contributed by atoms with E-state index < -0.39 is 48.5 Å². The van der Waals surface area contributed by atoms with Crippen molar-refractivity contribution in [3.05, 3.63) is 47.9 Å². The molecular weight excluding hydrogens is 649 g/mol. The van der Waals surface area contributed by atoms with Crippen LogP contribution in [-0.4, -0.2) is 63.8 Å². The van der Waals surface area contributed by atoms with Crippen molar-refractivity contribution in [1.82, 2.24) is 14.5 Å². The highest BCUT2D eigenvalue weighted by molar-refractivity contribution is 7.99. The number of nitrogen functional groups attached to an aromatic ring is 1. The van der Waals surface area contributed by atoms with Crippen molar-refractivity contribution in [3.63, 3.8) is 0 Å². The first kappa shape index (κ1) is 34.2. The van der Waals surface area contributed by atoms with Gasteiger partial charge in [-0.25, -0.2) is 23.7 Å². The molecule has 1 fully saturated rings. The van der Waals surface area contributed by atoms with Crippen molar-refractivity contribution < 1.29 is 56.3 Å². The summed E-state index contributed by atoms with van der Waals surface area (Å²) >= 11 is 1.68. The van der Waals surface area contributed by atoms with Crippen molar-refractivity contribution in [3.8, 4) is 0 Å². The van der Waals surface area contributed by atoms with Gasteiger partial charge in [0.1, 0.15) is 30.1 Å². The van der Waals surface area contributed by atoms with Crippen LogP contribution in [0.25, 0.3) is 11.0 Å². The van der Waals surface area contributed by atoms with Crippen LogP contribution in [0, 0.1) is 0 Å². The van der Waals surface area contributed by atoms with Gasteiger partial charge in [0.25, 0.3) is 0 Å². The summed E-state index contributed by atoms with van der Waals surface area (Å²) in [5, 5.41) is 11.2. The van der Waals surface area contributed by atoms with Crippen LogP contribution < -0.4 is 5.73 Å². The maximum absolute atomic E-state index is 12.1. The lowest BCUT2D eigenvalue weighted by atomic mass is 9.87. The molecule has 2 aromatic heterocycles. The second kappa shape index (κ2) is 13.0. The Labute approximate surface area is 251 Å². The maximum atomic E-state index is 12.1. The van der Waals surface area contributed by atoms with E-state index in [9.17, 15) is 28.6 Å². The van der Waals surface area contributed by atoms with E-state index in [1.54, 1.807) is 22.5 Å². The molecule has 5 atom stereocenters. The van der Waals surface area contributed by atoms with Crippen molar-refractivity contribution in [2.75, 3.05) is 18.1 Å². The van der Waals surface area contributed by atoms with Crippen LogP contribution in [0.5, 0.6) is 0 Å². The van der Waals surface area contributed by atoms with E-state index in [4.69, 9.17) is 20.3 Å². The van der Waals surface area contributed by atoms with Gasteiger partial charge in [-0.3, -0.25) is 4.52 Å². The smallest absolute Gasteiger partial charge is 0.390 e. The van der Waals surface area contributed by atoms with Crippen LogP contribution in [0.2, 0.25) is 0 Å². The summed E-state index contributed by atoms with van der Waals surface area (Å²) in [6.07, 6.45) is 0.519. The molecule has 0 bridgehead atoms. The van der Waals surface area contributed by atoms with Crippen LogP contribution in [0.4, 0.5) is 5.82 Å². The van der Waals surface area contributed by atoms with Gasteiger partial charge in [-0.2, -0.15) is 8.62 Å². The first-order valence-electron chi connectivity index (χ1n) is 12.8. The van der Waals surface area contributed by atoms with Gasteiger partial charge >= 0.3 is 23.5 Å². The highest BCUT2D eigenvalue weighted by Crippen LogP contribution is 2.66. The lowest BCUT2D eigenvalue weighted by Gasteiger charge is -2.19. The fourth-order valence-corrected chi connectivity index (χ4v) is 8.35. The molecule has 16 nitrogen and oxygen atoms in total. The van der Waals surface area contributed by atoms with Crippen molar-refractivity contribution in [2.24, 2.45) is 0 Å². The standard InChI is InChI=1S/C23H33N4O12P3S/c1-23(2,3)15-4-6-16(7-5-15)43-9-8-14-11-27(22-20(14)21(24)25-13-26-22)19-10-17(28)18(37-19)12-36-41(32,33)39-42(34,35)38-40(29,30)31/h4-7,11,13,17-19,28H,8-10,12H2,1-3H3,(H,32,33)(H,34,35)(H2,24,25,26)(H2,29,30,31)/t17-,18+,19+/m0/s1. The molecule has 0 aliphatic carbocycles. The third-order valence-electron chi connectivity index (χ3n) is 6.41. The number of phosphoric acid groups is 3. The Morgan fingerprint density at radius 2 is 1.74 bits per heavy atom. The van der Waals surface area contributed by atoms with Gasteiger partial charge in [0.15, 0.2) is 0 Å². The van der Waals surface area contributed by atoms with Crippen LogP contribution in [0.15, 0.2) is 41.7 Å². The molecule has 3 heterocycles. The zero-order valence-corrected chi connectivity index (χ0v) is 26.8. The molecule has 3 aromatic rings. The number of nitrogens with zero attached hydrogens (tertiary/aromatic N) is 3. The number of aliphatic hydroxyl groups is 1. The molecule has 4 rings (SSSR count). The number of nitrogens with two attached hydrogens (primary N) is 1. The number of hydrogen-bond acceptors (Lipinski definition) is 12. The fourth-order valence-electron chi connectivity index (χ4n) is 4.43. The van der Waals surface area contributed by atoms with E-state index in [-0.39, 0.29) is 17.7 Å². The Balaban J connectivity index is 1.43. The van der Waals surface area contributed by atoms with Gasteiger partial charge in [-0.05, 0) is 35.1 Å². The number of aryl methyl sites for hydroxylation is 1. The van der Waals surface area contributed by atoms with Gasteiger partial charge in [0, 0.05) is 23.3 Å². The monoisotopic (exact) mass is 682 g/mol. The molecule has 0 amide bonds. The van der Waals surface area contributed by atoms with Gasteiger partial charge in [-0.1, -0.05) is 32.9 Å². The van der Waals surface area contributed by atoms with Crippen molar-refractivity contribution in [2.45, 2.75) is 62.4 Å². The van der Waals surface area contributed by atoms with Gasteiger partial charge in [0.2, 0.25) is 0 Å². The zero-order chi connectivity index (χ0) is 31.8. The van der Waals surface area contributed by atoms with Crippen LogP contribution >= 0.6 is 35.2 Å². The maximum Gasteiger partial charge on any atom is 0.490 e. The second-order valence-electron chi connectivity index (χ2n) is 10.7. The summed E-state index contributed by atoms with van der Waals surface area (Å²) in [5.41, 5.74) is 8.79. The average Bonchev–Trinajstić information content (AvgIpc) is 3.41. The summed E-state index contributed by atoms with van der Waals surface area (Å²) in [4.78, 5) is 45.9. The number of fused-ring (bicyclic) bond motifs is 1. The van der Waals surface area contributed by atoms with Crippen molar-refractivity contribution in [1.29, 1.82) is 0 Å². The quantitative estimate of drug-likeness (QED) is 0.118.